The molecule has 0 spiro atoms. The summed E-state index contributed by atoms with van der Waals surface area (Å²) in [5.74, 6) is -0.114. The van der Waals surface area contributed by atoms with E-state index in [4.69, 9.17) is 10.5 Å². The molecule has 1 saturated heterocycles. The molecular weight excluding hydrogens is 207 g/mol. The lowest BCUT2D eigenvalue weighted by Gasteiger charge is -2.23. The molecule has 2 rings (SSSR count). The smallest absolute Gasteiger partial charge is 0.167 e. The Balaban J connectivity index is 1.88. The van der Waals surface area contributed by atoms with Gasteiger partial charge in [0.1, 0.15) is 6.61 Å². The van der Waals surface area contributed by atoms with Crippen molar-refractivity contribution < 1.29 is 9.13 Å². The Hall–Kier alpha value is -1.29. The maximum Gasteiger partial charge on any atom is 0.167 e. The molecule has 0 radical (unpaired) electrons. The van der Waals surface area contributed by atoms with Crippen LogP contribution in [0.3, 0.4) is 0 Å². The zero-order chi connectivity index (χ0) is 11.4. The number of halogens is 1. The van der Waals surface area contributed by atoms with Gasteiger partial charge in [-0.15, -0.1) is 0 Å². The summed E-state index contributed by atoms with van der Waals surface area (Å²) in [5, 5.41) is 3.35. The van der Waals surface area contributed by atoms with Gasteiger partial charge < -0.3 is 15.8 Å². The first kappa shape index (κ1) is 11.2. The van der Waals surface area contributed by atoms with Gasteiger partial charge in [0.25, 0.3) is 0 Å². The van der Waals surface area contributed by atoms with Gasteiger partial charge in [0, 0.05) is 17.8 Å². The number of piperidine rings is 1. The molecule has 1 atom stereocenters. The molecule has 1 unspecified atom stereocenters. The van der Waals surface area contributed by atoms with Crippen LogP contribution in [0.4, 0.5) is 10.1 Å². The summed E-state index contributed by atoms with van der Waals surface area (Å²) in [6.07, 6.45) is 3.52. The van der Waals surface area contributed by atoms with Crippen LogP contribution in [0.25, 0.3) is 0 Å². The molecule has 3 N–H and O–H groups in total. The molecule has 88 valence electrons. The van der Waals surface area contributed by atoms with E-state index in [1.54, 1.807) is 12.1 Å². The largest absolute Gasteiger partial charge is 0.489 e. The van der Waals surface area contributed by atoms with E-state index in [0.29, 0.717) is 18.3 Å². The molecule has 4 heteroatoms. The third kappa shape index (κ3) is 2.85. The summed E-state index contributed by atoms with van der Waals surface area (Å²) in [6.45, 7) is 1.54. The van der Waals surface area contributed by atoms with E-state index in [1.807, 2.05) is 0 Å². The van der Waals surface area contributed by atoms with Crippen molar-refractivity contribution in [2.75, 3.05) is 18.9 Å². The zero-order valence-corrected chi connectivity index (χ0v) is 9.21. The van der Waals surface area contributed by atoms with Crippen LogP contribution in [0.1, 0.15) is 19.3 Å². The molecule has 1 aromatic carbocycles. The van der Waals surface area contributed by atoms with Crippen LogP contribution in [-0.2, 0) is 0 Å². The van der Waals surface area contributed by atoms with Gasteiger partial charge in [0.15, 0.2) is 11.6 Å². The lowest BCUT2D eigenvalue weighted by atomic mass is 10.1. The quantitative estimate of drug-likeness (QED) is 0.771. The number of rotatable bonds is 3. The van der Waals surface area contributed by atoms with Crippen molar-refractivity contribution in [2.45, 2.75) is 25.3 Å². The average molecular weight is 224 g/mol. The SMILES string of the molecule is Nc1ccc(OCC2CCCCN2)c(F)c1. The van der Waals surface area contributed by atoms with Crippen LogP contribution in [0.2, 0.25) is 0 Å². The lowest BCUT2D eigenvalue weighted by Crippen LogP contribution is -2.38. The topological polar surface area (TPSA) is 47.3 Å². The molecule has 0 saturated carbocycles. The fourth-order valence-corrected chi connectivity index (χ4v) is 1.89. The van der Waals surface area contributed by atoms with Crippen molar-refractivity contribution in [3.05, 3.63) is 24.0 Å². The zero-order valence-electron chi connectivity index (χ0n) is 9.21. The summed E-state index contributed by atoms with van der Waals surface area (Å²) in [7, 11) is 0. The van der Waals surface area contributed by atoms with E-state index < -0.39 is 5.82 Å². The van der Waals surface area contributed by atoms with E-state index in [0.717, 1.165) is 13.0 Å². The first-order chi connectivity index (χ1) is 7.75. The predicted molar refractivity (Wildman–Crippen MR) is 61.9 cm³/mol. The van der Waals surface area contributed by atoms with Crippen molar-refractivity contribution in [1.82, 2.24) is 5.32 Å². The van der Waals surface area contributed by atoms with Crippen molar-refractivity contribution in [3.8, 4) is 5.75 Å². The van der Waals surface area contributed by atoms with Gasteiger partial charge in [-0.25, -0.2) is 4.39 Å². The third-order valence-electron chi connectivity index (χ3n) is 2.81. The van der Waals surface area contributed by atoms with Crippen molar-refractivity contribution in [3.63, 3.8) is 0 Å². The van der Waals surface area contributed by atoms with Gasteiger partial charge in [0.2, 0.25) is 0 Å². The fourth-order valence-electron chi connectivity index (χ4n) is 1.89. The van der Waals surface area contributed by atoms with Gasteiger partial charge in [-0.2, -0.15) is 0 Å². The van der Waals surface area contributed by atoms with E-state index in [9.17, 15) is 4.39 Å². The standard InChI is InChI=1S/C12H17FN2O/c13-11-7-9(14)4-5-12(11)16-8-10-3-1-2-6-15-10/h4-5,7,10,15H,1-3,6,8,14H2. The maximum absolute atomic E-state index is 13.4. The summed E-state index contributed by atoms with van der Waals surface area (Å²) >= 11 is 0. The summed E-state index contributed by atoms with van der Waals surface area (Å²) in [6, 6.07) is 4.84. The minimum absolute atomic E-state index is 0.279. The Morgan fingerprint density at radius 2 is 2.31 bits per heavy atom. The van der Waals surface area contributed by atoms with Gasteiger partial charge in [-0.3, -0.25) is 0 Å². The first-order valence-electron chi connectivity index (χ1n) is 5.67. The number of ether oxygens (including phenoxy) is 1. The second kappa shape index (κ2) is 5.16. The molecule has 0 aliphatic carbocycles. The average Bonchev–Trinajstić information content (AvgIpc) is 2.29. The Bertz CT molecular complexity index is 351. The van der Waals surface area contributed by atoms with Crippen LogP contribution >= 0.6 is 0 Å². The van der Waals surface area contributed by atoms with Gasteiger partial charge in [0.05, 0.1) is 0 Å². The molecule has 0 bridgehead atoms. The molecule has 1 fully saturated rings. The number of nitrogen functional groups attached to an aromatic ring is 1. The van der Waals surface area contributed by atoms with Crippen LogP contribution in [-0.4, -0.2) is 19.2 Å². The summed E-state index contributed by atoms with van der Waals surface area (Å²) < 4.78 is 18.8. The molecule has 1 aliphatic heterocycles. The predicted octanol–water partition coefficient (Wildman–Crippen LogP) is 1.93. The van der Waals surface area contributed by atoms with Crippen molar-refractivity contribution >= 4 is 5.69 Å². The number of nitrogens with one attached hydrogen (secondary N) is 1. The molecule has 1 heterocycles. The molecule has 1 aromatic rings. The van der Waals surface area contributed by atoms with Crippen molar-refractivity contribution in [2.24, 2.45) is 0 Å². The normalized spacial score (nSPS) is 20.7. The highest BCUT2D eigenvalue weighted by atomic mass is 19.1. The first-order valence-corrected chi connectivity index (χ1v) is 5.67. The van der Waals surface area contributed by atoms with E-state index in [2.05, 4.69) is 5.32 Å². The summed E-state index contributed by atoms with van der Waals surface area (Å²) in [5.41, 5.74) is 5.88. The van der Waals surface area contributed by atoms with E-state index >= 15 is 0 Å². The number of benzene rings is 1. The highest BCUT2D eigenvalue weighted by Crippen LogP contribution is 2.20. The third-order valence-corrected chi connectivity index (χ3v) is 2.81. The molecular formula is C12H17FN2O. The van der Waals surface area contributed by atoms with E-state index in [1.165, 1.54) is 18.9 Å². The highest BCUT2D eigenvalue weighted by molar-refractivity contribution is 5.42. The lowest BCUT2D eigenvalue weighted by molar-refractivity contribution is 0.231. The Morgan fingerprint density at radius 1 is 1.44 bits per heavy atom. The molecule has 1 aliphatic rings. The second-order valence-corrected chi connectivity index (χ2v) is 4.15. The van der Waals surface area contributed by atoms with E-state index in [-0.39, 0.29) is 5.75 Å². The van der Waals surface area contributed by atoms with Gasteiger partial charge in [-0.1, -0.05) is 6.42 Å². The number of hydrogen-bond donors (Lipinski definition) is 2. The monoisotopic (exact) mass is 224 g/mol. The highest BCUT2D eigenvalue weighted by Gasteiger charge is 2.13. The second-order valence-electron chi connectivity index (χ2n) is 4.15. The van der Waals surface area contributed by atoms with Gasteiger partial charge >= 0.3 is 0 Å². The number of anilines is 1. The fraction of sp³-hybridized carbons (Fsp3) is 0.500. The molecule has 16 heavy (non-hydrogen) atoms. The Labute approximate surface area is 94.8 Å². The molecule has 3 nitrogen and oxygen atoms in total. The van der Waals surface area contributed by atoms with Crippen LogP contribution < -0.4 is 15.8 Å². The minimum atomic E-state index is -0.393. The number of hydrogen-bond acceptors (Lipinski definition) is 3. The summed E-state index contributed by atoms with van der Waals surface area (Å²) in [4.78, 5) is 0. The van der Waals surface area contributed by atoms with Crippen LogP contribution in [0.15, 0.2) is 18.2 Å². The van der Waals surface area contributed by atoms with Crippen LogP contribution in [0.5, 0.6) is 5.75 Å². The van der Waals surface area contributed by atoms with Crippen molar-refractivity contribution in [1.29, 1.82) is 0 Å². The minimum Gasteiger partial charge on any atom is -0.489 e. The van der Waals surface area contributed by atoms with Gasteiger partial charge in [-0.05, 0) is 31.5 Å². The maximum atomic E-state index is 13.4. The Kier molecular flexibility index (Phi) is 3.62. The Morgan fingerprint density at radius 3 is 3.00 bits per heavy atom. The number of nitrogens with two attached hydrogens (primary N) is 1. The molecule has 0 aromatic heterocycles. The van der Waals surface area contributed by atoms with Crippen LogP contribution in [0, 0.1) is 5.82 Å². The molecule has 0 amide bonds.